The second-order valence-corrected chi connectivity index (χ2v) is 11.6. The summed E-state index contributed by atoms with van der Waals surface area (Å²) in [4.78, 5) is 0. The van der Waals surface area contributed by atoms with Crippen LogP contribution in [0.15, 0.2) is 72.8 Å². The van der Waals surface area contributed by atoms with Crippen molar-refractivity contribution in [3.05, 3.63) is 105 Å². The molecule has 0 N–H and O–H groups in total. The molecule has 6 heteroatoms. The lowest BCUT2D eigenvalue weighted by Gasteiger charge is -2.40. The number of morpholine rings is 2. The van der Waals surface area contributed by atoms with Crippen molar-refractivity contribution < 1.29 is 18.4 Å². The molecule has 2 aliphatic heterocycles. The summed E-state index contributed by atoms with van der Waals surface area (Å²) in [6.07, 6.45) is 0. The molecule has 2 aliphatic rings. The molecule has 0 bridgehead atoms. The van der Waals surface area contributed by atoms with Crippen LogP contribution in [0, 0.1) is 23.7 Å². The predicted molar refractivity (Wildman–Crippen MR) is 162 cm³/mol. The summed E-state index contributed by atoms with van der Waals surface area (Å²) in [6, 6.07) is 24.5. The normalized spacial score (nSPS) is 17.6. The van der Waals surface area contributed by atoms with Gasteiger partial charge < -0.3 is 18.4 Å². The van der Waals surface area contributed by atoms with Gasteiger partial charge in [0.15, 0.2) is 0 Å². The molecular weight excluding hydrogens is 539 g/mol. The first-order chi connectivity index (χ1) is 19.5. The number of rotatable bonds is 6. The van der Waals surface area contributed by atoms with E-state index < -0.39 is 0 Å². The van der Waals surface area contributed by atoms with Crippen LogP contribution in [-0.4, -0.2) is 74.7 Å². The fraction of sp³-hybridized carbons (Fsp3) is 0.353. The second-order valence-electron chi connectivity index (χ2n) is 10.8. The van der Waals surface area contributed by atoms with Gasteiger partial charge in [0.1, 0.15) is 52.4 Å². The molecule has 206 valence electrons. The lowest BCUT2D eigenvalue weighted by Crippen LogP contribution is -2.54. The Morgan fingerprint density at radius 1 is 0.550 bits per heavy atom. The van der Waals surface area contributed by atoms with Crippen LogP contribution in [0.3, 0.4) is 0 Å². The van der Waals surface area contributed by atoms with Gasteiger partial charge in [-0.2, -0.15) is 0 Å². The average molecular weight is 576 g/mol. The molecule has 0 amide bonds. The maximum absolute atomic E-state index is 6.48. The largest absolute Gasteiger partial charge is 0.370 e. The number of hydrogen-bond donors (Lipinski definition) is 0. The summed E-state index contributed by atoms with van der Waals surface area (Å²) >= 11 is 13.0. The van der Waals surface area contributed by atoms with Gasteiger partial charge in [0, 0.05) is 32.3 Å². The predicted octanol–water partition coefficient (Wildman–Crippen LogP) is 5.79. The summed E-state index contributed by atoms with van der Waals surface area (Å²) < 4.78 is 13.1. The molecule has 40 heavy (non-hydrogen) atoms. The number of hydrogen-bond acceptors (Lipinski definition) is 2. The topological polar surface area (TPSA) is 18.5 Å². The third kappa shape index (κ3) is 7.68. The highest BCUT2D eigenvalue weighted by molar-refractivity contribution is 6.31. The van der Waals surface area contributed by atoms with Crippen molar-refractivity contribution in [3.63, 3.8) is 0 Å². The number of ether oxygens (including phenoxy) is 2. The highest BCUT2D eigenvalue weighted by Gasteiger charge is 2.31. The Kier molecular flexibility index (Phi) is 9.84. The first-order valence-electron chi connectivity index (χ1n) is 14.0. The highest BCUT2D eigenvalue weighted by Crippen LogP contribution is 2.24. The van der Waals surface area contributed by atoms with E-state index in [0.717, 1.165) is 109 Å². The maximum Gasteiger partial charge on any atom is 0.141 e. The lowest BCUT2D eigenvalue weighted by molar-refractivity contribution is -0.941. The van der Waals surface area contributed by atoms with Crippen molar-refractivity contribution in [3.8, 4) is 23.7 Å². The van der Waals surface area contributed by atoms with Crippen molar-refractivity contribution in [2.45, 2.75) is 13.1 Å². The number of quaternary nitrogens is 2. The van der Waals surface area contributed by atoms with Crippen LogP contribution in [0.2, 0.25) is 10.0 Å². The smallest absolute Gasteiger partial charge is 0.141 e. The van der Waals surface area contributed by atoms with Crippen LogP contribution < -0.4 is 0 Å². The van der Waals surface area contributed by atoms with Gasteiger partial charge >= 0.3 is 0 Å². The Bertz CT molecular complexity index is 1290. The highest BCUT2D eigenvalue weighted by atomic mass is 35.5. The zero-order chi connectivity index (χ0) is 27.7. The Labute approximate surface area is 248 Å². The third-order valence-electron chi connectivity index (χ3n) is 7.95. The monoisotopic (exact) mass is 574 g/mol. The first kappa shape index (κ1) is 28.7. The van der Waals surface area contributed by atoms with Crippen LogP contribution in [0.1, 0.15) is 22.3 Å². The molecule has 0 atom stereocenters. The van der Waals surface area contributed by atoms with Gasteiger partial charge in [-0.25, -0.2) is 0 Å². The van der Waals surface area contributed by atoms with Crippen LogP contribution in [-0.2, 0) is 22.6 Å². The standard InChI is InChI=1S/C34H36Cl2N2O2/c35-33-11-3-1-9-31(33)27-37(19-23-39-24-20-37)17-5-7-29-13-15-30(16-14-29)8-6-18-38(21-25-40-26-22-38)28-32-10-2-4-12-34(32)36/h1-4,9-16H,17-28H2/q+2. The fourth-order valence-electron chi connectivity index (χ4n) is 5.44. The molecule has 3 aromatic rings. The Morgan fingerprint density at radius 3 is 1.30 bits per heavy atom. The zero-order valence-corrected chi connectivity index (χ0v) is 24.4. The quantitative estimate of drug-likeness (QED) is 0.274. The van der Waals surface area contributed by atoms with Gasteiger partial charge in [0.05, 0.1) is 26.4 Å². The molecule has 0 spiro atoms. The minimum absolute atomic E-state index is 0.755. The summed E-state index contributed by atoms with van der Waals surface area (Å²) in [7, 11) is 0. The van der Waals surface area contributed by atoms with E-state index in [-0.39, 0.29) is 0 Å². The van der Waals surface area contributed by atoms with E-state index in [4.69, 9.17) is 32.7 Å². The second kappa shape index (κ2) is 13.7. The van der Waals surface area contributed by atoms with Crippen LogP contribution in [0.25, 0.3) is 0 Å². The molecule has 0 saturated carbocycles. The summed E-state index contributed by atoms with van der Waals surface area (Å²) in [6.45, 7) is 10.1. The van der Waals surface area contributed by atoms with Crippen molar-refractivity contribution >= 4 is 23.2 Å². The summed E-state index contributed by atoms with van der Waals surface area (Å²) in [5.41, 5.74) is 4.35. The van der Waals surface area contributed by atoms with E-state index in [0.29, 0.717) is 0 Å². The van der Waals surface area contributed by atoms with Gasteiger partial charge in [-0.15, -0.1) is 0 Å². The van der Waals surface area contributed by atoms with Gasteiger partial charge in [-0.05, 0) is 48.2 Å². The molecule has 0 aliphatic carbocycles. The van der Waals surface area contributed by atoms with Gasteiger partial charge in [0.2, 0.25) is 0 Å². The molecule has 3 aromatic carbocycles. The van der Waals surface area contributed by atoms with Crippen molar-refractivity contribution in [2.24, 2.45) is 0 Å². The van der Waals surface area contributed by atoms with Crippen molar-refractivity contribution in [1.29, 1.82) is 0 Å². The molecule has 4 nitrogen and oxygen atoms in total. The van der Waals surface area contributed by atoms with Gasteiger partial charge in [0.25, 0.3) is 0 Å². The van der Waals surface area contributed by atoms with E-state index in [2.05, 4.69) is 72.2 Å². The van der Waals surface area contributed by atoms with Crippen LogP contribution in [0.5, 0.6) is 0 Å². The molecule has 0 radical (unpaired) electrons. The molecular formula is C34H36Cl2N2O2+2. The fourth-order valence-corrected chi connectivity index (χ4v) is 5.83. The Hall–Kier alpha value is -2.80. The third-order valence-corrected chi connectivity index (χ3v) is 8.68. The lowest BCUT2D eigenvalue weighted by atomic mass is 10.1. The number of nitrogens with zero attached hydrogens (tertiary/aromatic N) is 2. The number of halogens is 2. The molecule has 5 rings (SSSR count). The molecule has 2 heterocycles. The van der Waals surface area contributed by atoms with Crippen molar-refractivity contribution in [1.82, 2.24) is 0 Å². The average Bonchev–Trinajstić information content (AvgIpc) is 2.97. The molecule has 2 fully saturated rings. The summed E-state index contributed by atoms with van der Waals surface area (Å²) in [5, 5.41) is 1.64. The zero-order valence-electron chi connectivity index (χ0n) is 22.9. The first-order valence-corrected chi connectivity index (χ1v) is 14.7. The van der Waals surface area contributed by atoms with E-state index in [9.17, 15) is 0 Å². The maximum atomic E-state index is 6.48. The van der Waals surface area contributed by atoms with Gasteiger partial charge in [-0.3, -0.25) is 0 Å². The Balaban J connectivity index is 1.23. The van der Waals surface area contributed by atoms with Gasteiger partial charge in [-0.1, -0.05) is 71.4 Å². The van der Waals surface area contributed by atoms with Crippen LogP contribution in [0.4, 0.5) is 0 Å². The minimum atomic E-state index is 0.755. The van der Waals surface area contributed by atoms with E-state index in [1.54, 1.807) is 0 Å². The number of benzene rings is 3. The molecule has 2 saturated heterocycles. The van der Waals surface area contributed by atoms with E-state index in [1.165, 1.54) is 11.1 Å². The SMILES string of the molecule is Clc1ccccc1C[N+]1(CC#Cc2ccc(C#CC[N+]3(Cc4ccccc4Cl)CCOCC3)cc2)CCOCC1. The summed E-state index contributed by atoms with van der Waals surface area (Å²) in [5.74, 6) is 13.7. The minimum Gasteiger partial charge on any atom is -0.370 e. The molecule has 0 unspecified atom stereocenters. The molecule has 0 aromatic heterocycles. The van der Waals surface area contributed by atoms with Crippen LogP contribution >= 0.6 is 23.2 Å². The Morgan fingerprint density at radius 2 is 0.925 bits per heavy atom. The van der Waals surface area contributed by atoms with E-state index in [1.807, 2.05) is 24.3 Å². The van der Waals surface area contributed by atoms with E-state index >= 15 is 0 Å². The van der Waals surface area contributed by atoms with Crippen molar-refractivity contribution in [2.75, 3.05) is 65.7 Å².